The fraction of sp³-hybridized carbons (Fsp3) is 0.550. The molecule has 1 aromatic rings. The highest BCUT2D eigenvalue weighted by molar-refractivity contribution is 6.00. The zero-order valence-electron chi connectivity index (χ0n) is 15.6. The Kier molecular flexibility index (Phi) is 6.08. The van der Waals surface area contributed by atoms with Gasteiger partial charge in [0.05, 0.1) is 11.6 Å². The summed E-state index contributed by atoms with van der Waals surface area (Å²) in [7, 11) is 0. The SMILES string of the molecule is CC[C@H](CCNC(=O)[C@H]1CC(=O)N(c2ccccc2F)C1)N1CCCC1=O. The second kappa shape index (κ2) is 8.50. The highest BCUT2D eigenvalue weighted by atomic mass is 19.1. The number of para-hydroxylation sites is 1. The van der Waals surface area contributed by atoms with E-state index in [0.717, 1.165) is 19.4 Å². The molecule has 2 atom stereocenters. The van der Waals surface area contributed by atoms with Crippen molar-refractivity contribution in [2.75, 3.05) is 24.5 Å². The summed E-state index contributed by atoms with van der Waals surface area (Å²) >= 11 is 0. The lowest BCUT2D eigenvalue weighted by atomic mass is 10.1. The van der Waals surface area contributed by atoms with E-state index in [1.165, 1.54) is 11.0 Å². The van der Waals surface area contributed by atoms with Crippen molar-refractivity contribution < 1.29 is 18.8 Å². The summed E-state index contributed by atoms with van der Waals surface area (Å²) in [5, 5.41) is 2.89. The van der Waals surface area contributed by atoms with Crippen LogP contribution in [0.25, 0.3) is 0 Å². The number of nitrogens with zero attached hydrogens (tertiary/aromatic N) is 2. The zero-order valence-corrected chi connectivity index (χ0v) is 15.6. The molecule has 3 amide bonds. The van der Waals surface area contributed by atoms with Crippen LogP contribution in [0.5, 0.6) is 0 Å². The minimum Gasteiger partial charge on any atom is -0.356 e. The van der Waals surface area contributed by atoms with Crippen molar-refractivity contribution in [2.24, 2.45) is 5.92 Å². The van der Waals surface area contributed by atoms with Crippen LogP contribution in [-0.4, -0.2) is 48.3 Å². The molecule has 0 spiro atoms. The molecule has 2 aliphatic rings. The first kappa shape index (κ1) is 19.3. The Morgan fingerprint density at radius 3 is 2.74 bits per heavy atom. The molecule has 1 N–H and O–H groups in total. The lowest BCUT2D eigenvalue weighted by Gasteiger charge is -2.27. The Labute approximate surface area is 158 Å². The maximum Gasteiger partial charge on any atom is 0.227 e. The third kappa shape index (κ3) is 4.28. The van der Waals surface area contributed by atoms with Gasteiger partial charge in [-0.15, -0.1) is 0 Å². The first-order chi connectivity index (χ1) is 13.0. The predicted octanol–water partition coefficient (Wildman–Crippen LogP) is 2.09. The van der Waals surface area contributed by atoms with Gasteiger partial charge in [0.25, 0.3) is 0 Å². The number of benzene rings is 1. The lowest BCUT2D eigenvalue weighted by Crippen LogP contribution is -2.40. The van der Waals surface area contributed by atoms with Crippen LogP contribution in [-0.2, 0) is 14.4 Å². The minimum atomic E-state index is -0.481. The molecular formula is C20H26FN3O3. The number of carbonyl (C=O) groups excluding carboxylic acids is 3. The lowest BCUT2D eigenvalue weighted by molar-refractivity contribution is -0.129. The summed E-state index contributed by atoms with van der Waals surface area (Å²) in [4.78, 5) is 39.8. The van der Waals surface area contributed by atoms with Crippen molar-refractivity contribution in [2.45, 2.75) is 45.1 Å². The van der Waals surface area contributed by atoms with Gasteiger partial charge in [-0.1, -0.05) is 19.1 Å². The van der Waals surface area contributed by atoms with Crippen molar-refractivity contribution in [3.8, 4) is 0 Å². The van der Waals surface area contributed by atoms with Crippen LogP contribution in [0, 0.1) is 11.7 Å². The van der Waals surface area contributed by atoms with E-state index in [-0.39, 0.29) is 42.4 Å². The quantitative estimate of drug-likeness (QED) is 0.793. The second-order valence-corrected chi connectivity index (χ2v) is 7.19. The van der Waals surface area contributed by atoms with Crippen LogP contribution < -0.4 is 10.2 Å². The fourth-order valence-corrected chi connectivity index (χ4v) is 3.93. The average Bonchev–Trinajstić information content (AvgIpc) is 3.25. The Morgan fingerprint density at radius 1 is 1.30 bits per heavy atom. The molecule has 2 heterocycles. The molecule has 1 aromatic carbocycles. The highest BCUT2D eigenvalue weighted by Gasteiger charge is 2.36. The van der Waals surface area contributed by atoms with Gasteiger partial charge >= 0.3 is 0 Å². The van der Waals surface area contributed by atoms with E-state index in [4.69, 9.17) is 0 Å². The molecule has 146 valence electrons. The molecule has 0 aliphatic carbocycles. The van der Waals surface area contributed by atoms with E-state index in [1.54, 1.807) is 18.2 Å². The topological polar surface area (TPSA) is 69.7 Å². The van der Waals surface area contributed by atoms with Crippen molar-refractivity contribution in [1.29, 1.82) is 0 Å². The number of amides is 3. The van der Waals surface area contributed by atoms with Gasteiger partial charge in [-0.3, -0.25) is 14.4 Å². The summed E-state index contributed by atoms with van der Waals surface area (Å²) in [6.07, 6.45) is 3.15. The van der Waals surface area contributed by atoms with Crippen molar-refractivity contribution >= 4 is 23.4 Å². The Hall–Kier alpha value is -2.44. The van der Waals surface area contributed by atoms with E-state index < -0.39 is 11.7 Å². The standard InChI is InChI=1S/C20H26FN3O3/c1-2-15(23-11-5-8-18(23)25)9-10-22-20(27)14-12-19(26)24(13-14)17-7-4-3-6-16(17)21/h3-4,6-7,14-15H,2,5,8-13H2,1H3,(H,22,27)/t14-,15+/m0/s1. The summed E-state index contributed by atoms with van der Waals surface area (Å²) in [6, 6.07) is 6.23. The van der Waals surface area contributed by atoms with Gasteiger partial charge in [-0.05, 0) is 31.4 Å². The van der Waals surface area contributed by atoms with Crippen molar-refractivity contribution in [1.82, 2.24) is 10.2 Å². The molecule has 0 saturated carbocycles. The number of likely N-dealkylation sites (tertiary alicyclic amines) is 1. The first-order valence-electron chi connectivity index (χ1n) is 9.63. The van der Waals surface area contributed by atoms with E-state index in [2.05, 4.69) is 5.32 Å². The number of nitrogens with one attached hydrogen (secondary N) is 1. The first-order valence-corrected chi connectivity index (χ1v) is 9.63. The van der Waals surface area contributed by atoms with E-state index in [9.17, 15) is 18.8 Å². The van der Waals surface area contributed by atoms with Crippen molar-refractivity contribution in [3.63, 3.8) is 0 Å². The molecule has 2 fully saturated rings. The van der Waals surface area contributed by atoms with Crippen LogP contribution in [0.1, 0.15) is 39.0 Å². The smallest absolute Gasteiger partial charge is 0.227 e. The summed E-state index contributed by atoms with van der Waals surface area (Å²) in [5.74, 6) is -1.19. The number of halogens is 1. The van der Waals surface area contributed by atoms with Crippen LogP contribution in [0.2, 0.25) is 0 Å². The predicted molar refractivity (Wildman–Crippen MR) is 99.5 cm³/mol. The van der Waals surface area contributed by atoms with Gasteiger partial charge in [-0.2, -0.15) is 0 Å². The van der Waals surface area contributed by atoms with E-state index >= 15 is 0 Å². The molecular weight excluding hydrogens is 349 g/mol. The average molecular weight is 375 g/mol. The molecule has 2 aliphatic heterocycles. The Bertz CT molecular complexity index is 724. The van der Waals surface area contributed by atoms with Gasteiger partial charge in [0, 0.05) is 38.5 Å². The van der Waals surface area contributed by atoms with E-state index in [0.29, 0.717) is 19.4 Å². The minimum absolute atomic E-state index is 0.0853. The van der Waals surface area contributed by atoms with Gasteiger partial charge in [0.15, 0.2) is 0 Å². The van der Waals surface area contributed by atoms with Gasteiger partial charge < -0.3 is 15.1 Å². The maximum atomic E-state index is 13.9. The van der Waals surface area contributed by atoms with Crippen LogP contribution in [0.4, 0.5) is 10.1 Å². The molecule has 0 unspecified atom stereocenters. The maximum absolute atomic E-state index is 13.9. The number of hydrogen-bond donors (Lipinski definition) is 1. The Morgan fingerprint density at radius 2 is 2.07 bits per heavy atom. The largest absolute Gasteiger partial charge is 0.356 e. The monoisotopic (exact) mass is 375 g/mol. The number of rotatable bonds is 7. The van der Waals surface area contributed by atoms with Gasteiger partial charge in [0.2, 0.25) is 17.7 Å². The highest BCUT2D eigenvalue weighted by Crippen LogP contribution is 2.27. The van der Waals surface area contributed by atoms with E-state index in [1.807, 2.05) is 11.8 Å². The fourth-order valence-electron chi connectivity index (χ4n) is 3.93. The third-order valence-corrected chi connectivity index (χ3v) is 5.44. The molecule has 2 saturated heterocycles. The molecule has 0 bridgehead atoms. The molecule has 0 radical (unpaired) electrons. The van der Waals surface area contributed by atoms with Crippen LogP contribution in [0.15, 0.2) is 24.3 Å². The molecule has 0 aromatic heterocycles. The van der Waals surface area contributed by atoms with Crippen molar-refractivity contribution in [3.05, 3.63) is 30.1 Å². The van der Waals surface area contributed by atoms with Gasteiger partial charge in [0.1, 0.15) is 5.82 Å². The number of anilines is 1. The number of hydrogen-bond acceptors (Lipinski definition) is 3. The molecule has 6 nitrogen and oxygen atoms in total. The normalized spacial score (nSPS) is 21.0. The van der Waals surface area contributed by atoms with Gasteiger partial charge in [-0.25, -0.2) is 4.39 Å². The summed E-state index contributed by atoms with van der Waals surface area (Å²) in [6.45, 7) is 3.49. The molecule has 7 heteroatoms. The third-order valence-electron chi connectivity index (χ3n) is 5.44. The Balaban J connectivity index is 1.51. The molecule has 3 rings (SSSR count). The summed E-state index contributed by atoms with van der Waals surface area (Å²) < 4.78 is 13.9. The van der Waals surface area contributed by atoms with Crippen LogP contribution >= 0.6 is 0 Å². The van der Waals surface area contributed by atoms with Crippen LogP contribution in [0.3, 0.4) is 0 Å². The number of carbonyl (C=O) groups is 3. The zero-order chi connectivity index (χ0) is 19.4. The second-order valence-electron chi connectivity index (χ2n) is 7.19. The molecule has 27 heavy (non-hydrogen) atoms. The summed E-state index contributed by atoms with van der Waals surface area (Å²) in [5.41, 5.74) is 0.219.